The van der Waals surface area contributed by atoms with Gasteiger partial charge in [-0.05, 0) is 18.2 Å². The van der Waals surface area contributed by atoms with Gasteiger partial charge in [-0.25, -0.2) is 0 Å². The van der Waals surface area contributed by atoms with Crippen LogP contribution in [0.5, 0.6) is 0 Å². The van der Waals surface area contributed by atoms with Gasteiger partial charge in [0, 0.05) is 36.7 Å². The first-order valence-corrected chi connectivity index (χ1v) is 6.95. The summed E-state index contributed by atoms with van der Waals surface area (Å²) in [6.07, 6.45) is 1.10. The van der Waals surface area contributed by atoms with E-state index in [9.17, 15) is 10.1 Å². The summed E-state index contributed by atoms with van der Waals surface area (Å²) in [4.78, 5) is 12.7. The Morgan fingerprint density at radius 2 is 2.17 bits per heavy atom. The Kier molecular flexibility index (Phi) is 4.27. The summed E-state index contributed by atoms with van der Waals surface area (Å²) in [6, 6.07) is 4.90. The first kappa shape index (κ1) is 13.0. The molecule has 0 aliphatic carbocycles. The van der Waals surface area contributed by atoms with E-state index in [-0.39, 0.29) is 5.69 Å². The van der Waals surface area contributed by atoms with Gasteiger partial charge in [0.15, 0.2) is 0 Å². The summed E-state index contributed by atoms with van der Waals surface area (Å²) in [7, 11) is 0. The van der Waals surface area contributed by atoms with Gasteiger partial charge < -0.3 is 10.3 Å². The highest BCUT2D eigenvalue weighted by Gasteiger charge is 2.15. The molecule has 7 heteroatoms. The zero-order chi connectivity index (χ0) is 13.0. The molecule has 0 spiro atoms. The van der Waals surface area contributed by atoms with Gasteiger partial charge in [0.05, 0.1) is 10.6 Å². The van der Waals surface area contributed by atoms with Gasteiger partial charge in [0.25, 0.3) is 5.69 Å². The average molecular weight is 268 g/mol. The van der Waals surface area contributed by atoms with Gasteiger partial charge in [-0.3, -0.25) is 16.0 Å². The molecule has 2 rings (SSSR count). The van der Waals surface area contributed by atoms with E-state index < -0.39 is 4.92 Å². The molecule has 0 bridgehead atoms. The maximum absolute atomic E-state index is 10.9. The lowest BCUT2D eigenvalue weighted by atomic mass is 10.2. The number of thioether (sulfide) groups is 1. The molecule has 1 fully saturated rings. The second kappa shape index (κ2) is 5.92. The molecule has 3 N–H and O–H groups in total. The zero-order valence-corrected chi connectivity index (χ0v) is 10.8. The largest absolute Gasteiger partial charge is 0.370 e. The molecule has 1 saturated heterocycles. The number of hydrogen-bond acceptors (Lipinski definition) is 6. The Morgan fingerprint density at radius 1 is 1.33 bits per heavy atom. The summed E-state index contributed by atoms with van der Waals surface area (Å²) in [5.41, 5.74) is 3.97. The molecule has 0 aromatic heterocycles. The minimum atomic E-state index is -0.392. The molecule has 0 saturated carbocycles. The number of nitrogens with one attached hydrogen (secondary N) is 1. The van der Waals surface area contributed by atoms with Gasteiger partial charge in [-0.1, -0.05) is 0 Å². The highest BCUT2D eigenvalue weighted by Crippen LogP contribution is 2.28. The van der Waals surface area contributed by atoms with Crippen LogP contribution in [0.25, 0.3) is 0 Å². The van der Waals surface area contributed by atoms with E-state index in [0.29, 0.717) is 5.69 Å². The van der Waals surface area contributed by atoms with Crippen molar-refractivity contribution in [3.8, 4) is 0 Å². The highest BCUT2D eigenvalue weighted by molar-refractivity contribution is 7.99. The van der Waals surface area contributed by atoms with E-state index in [0.717, 1.165) is 36.7 Å². The summed E-state index contributed by atoms with van der Waals surface area (Å²) in [5.74, 6) is 7.55. The fourth-order valence-corrected chi connectivity index (χ4v) is 2.86. The third-order valence-corrected chi connectivity index (χ3v) is 3.92. The fourth-order valence-electron chi connectivity index (χ4n) is 1.97. The van der Waals surface area contributed by atoms with Crippen LogP contribution in [-0.2, 0) is 0 Å². The molecule has 0 radical (unpaired) electrons. The Balaban J connectivity index is 2.29. The van der Waals surface area contributed by atoms with Crippen LogP contribution in [0.4, 0.5) is 17.1 Å². The van der Waals surface area contributed by atoms with E-state index in [1.54, 1.807) is 6.07 Å². The van der Waals surface area contributed by atoms with Crippen molar-refractivity contribution >= 4 is 28.8 Å². The molecule has 0 atom stereocenters. The smallest absolute Gasteiger partial charge is 0.273 e. The maximum atomic E-state index is 10.9. The van der Waals surface area contributed by atoms with Crippen molar-refractivity contribution in [1.82, 2.24) is 0 Å². The number of nitrogen functional groups attached to an aromatic ring is 1. The van der Waals surface area contributed by atoms with Crippen molar-refractivity contribution in [3.63, 3.8) is 0 Å². The van der Waals surface area contributed by atoms with Gasteiger partial charge in [0.2, 0.25) is 0 Å². The summed E-state index contributed by atoms with van der Waals surface area (Å²) in [6.45, 7) is 1.84. The highest BCUT2D eigenvalue weighted by atomic mass is 32.2. The number of non-ortho nitro benzene ring substituents is 1. The quantitative estimate of drug-likeness (QED) is 0.494. The molecule has 1 aliphatic heterocycles. The van der Waals surface area contributed by atoms with Crippen molar-refractivity contribution in [3.05, 3.63) is 28.3 Å². The predicted octanol–water partition coefficient (Wildman–Crippen LogP) is 1.82. The predicted molar refractivity (Wildman–Crippen MR) is 75.1 cm³/mol. The number of benzene rings is 1. The fraction of sp³-hybridized carbons (Fsp3) is 0.455. The molecule has 1 aromatic carbocycles. The maximum Gasteiger partial charge on any atom is 0.273 e. The van der Waals surface area contributed by atoms with Gasteiger partial charge >= 0.3 is 0 Å². The SMILES string of the molecule is NNc1cc(N2CCCSCC2)cc([N+](=O)[O-])c1. The van der Waals surface area contributed by atoms with Crippen molar-refractivity contribution in [2.75, 3.05) is 34.9 Å². The topological polar surface area (TPSA) is 84.4 Å². The molecule has 1 aliphatic rings. The molecule has 98 valence electrons. The first-order chi connectivity index (χ1) is 8.70. The van der Waals surface area contributed by atoms with Crippen molar-refractivity contribution in [1.29, 1.82) is 0 Å². The van der Waals surface area contributed by atoms with Crippen molar-refractivity contribution in [2.24, 2.45) is 5.84 Å². The number of anilines is 2. The van der Waals surface area contributed by atoms with Crippen LogP contribution in [-0.4, -0.2) is 29.5 Å². The minimum Gasteiger partial charge on any atom is -0.370 e. The number of nitro groups is 1. The third kappa shape index (κ3) is 3.05. The Hall–Kier alpha value is -1.47. The van der Waals surface area contributed by atoms with E-state index >= 15 is 0 Å². The molecular weight excluding hydrogens is 252 g/mol. The van der Waals surface area contributed by atoms with Crippen LogP contribution in [0.1, 0.15) is 6.42 Å². The second-order valence-corrected chi connectivity index (χ2v) is 5.32. The normalized spacial score (nSPS) is 16.2. The Bertz CT molecular complexity index is 433. The summed E-state index contributed by atoms with van der Waals surface area (Å²) in [5, 5.41) is 10.9. The lowest BCUT2D eigenvalue weighted by Gasteiger charge is -2.22. The monoisotopic (exact) mass is 268 g/mol. The van der Waals surface area contributed by atoms with Crippen LogP contribution in [0, 0.1) is 10.1 Å². The molecule has 6 nitrogen and oxygen atoms in total. The number of nitro benzene ring substituents is 1. The summed E-state index contributed by atoms with van der Waals surface area (Å²) < 4.78 is 0. The number of nitrogens with two attached hydrogens (primary N) is 1. The number of hydrazine groups is 1. The van der Waals surface area contributed by atoms with Crippen molar-refractivity contribution < 1.29 is 4.92 Å². The number of nitrogens with zero attached hydrogens (tertiary/aromatic N) is 2. The van der Waals surface area contributed by atoms with Crippen LogP contribution >= 0.6 is 11.8 Å². The van der Waals surface area contributed by atoms with Crippen LogP contribution < -0.4 is 16.2 Å². The van der Waals surface area contributed by atoms with Crippen LogP contribution in [0.15, 0.2) is 18.2 Å². The molecule has 0 unspecified atom stereocenters. The van der Waals surface area contributed by atoms with Crippen LogP contribution in [0.3, 0.4) is 0 Å². The Morgan fingerprint density at radius 3 is 2.89 bits per heavy atom. The minimum absolute atomic E-state index is 0.0670. The van der Waals surface area contributed by atoms with E-state index in [2.05, 4.69) is 10.3 Å². The molecule has 0 amide bonds. The Labute approximate surface area is 110 Å². The van der Waals surface area contributed by atoms with Gasteiger partial charge in [0.1, 0.15) is 0 Å². The third-order valence-electron chi connectivity index (χ3n) is 2.87. The van der Waals surface area contributed by atoms with E-state index in [1.807, 2.05) is 17.8 Å². The molecular formula is C11H16N4O2S. The lowest BCUT2D eigenvalue weighted by Crippen LogP contribution is -2.25. The van der Waals surface area contributed by atoms with E-state index in [4.69, 9.17) is 5.84 Å². The molecule has 1 aromatic rings. The molecule has 1 heterocycles. The van der Waals surface area contributed by atoms with E-state index in [1.165, 1.54) is 6.07 Å². The van der Waals surface area contributed by atoms with Crippen molar-refractivity contribution in [2.45, 2.75) is 6.42 Å². The second-order valence-electron chi connectivity index (χ2n) is 4.09. The van der Waals surface area contributed by atoms with Gasteiger partial charge in [-0.2, -0.15) is 11.8 Å². The van der Waals surface area contributed by atoms with Gasteiger partial charge in [-0.15, -0.1) is 0 Å². The average Bonchev–Trinajstić information content (AvgIpc) is 2.67. The first-order valence-electron chi connectivity index (χ1n) is 5.79. The lowest BCUT2D eigenvalue weighted by molar-refractivity contribution is -0.384. The molecule has 18 heavy (non-hydrogen) atoms. The standard InChI is InChI=1S/C11H16N4O2S/c12-13-9-6-10(8-11(7-9)15(16)17)14-2-1-4-18-5-3-14/h6-8,13H,1-5,12H2. The number of hydrogen-bond donors (Lipinski definition) is 2. The number of rotatable bonds is 3. The zero-order valence-electron chi connectivity index (χ0n) is 9.96. The summed E-state index contributed by atoms with van der Waals surface area (Å²) >= 11 is 1.92. The van der Waals surface area contributed by atoms with Crippen LogP contribution in [0.2, 0.25) is 0 Å².